The molecule has 8 nitrogen and oxygen atoms in total. The highest BCUT2D eigenvalue weighted by molar-refractivity contribution is 5.89. The van der Waals surface area contributed by atoms with Gasteiger partial charge in [-0.05, 0) is 74.5 Å². The van der Waals surface area contributed by atoms with Crippen LogP contribution in [0.5, 0.6) is 11.5 Å². The highest BCUT2D eigenvalue weighted by Crippen LogP contribution is 2.22. The third-order valence-corrected chi connectivity index (χ3v) is 6.45. The molecule has 2 aromatic carbocycles. The third-order valence-electron chi connectivity index (χ3n) is 6.45. The van der Waals surface area contributed by atoms with E-state index < -0.39 is 0 Å². The van der Waals surface area contributed by atoms with Crippen LogP contribution in [0.1, 0.15) is 25.3 Å². The first-order valence-electron chi connectivity index (χ1n) is 11.6. The van der Waals surface area contributed by atoms with Gasteiger partial charge in [0.05, 0.1) is 20.8 Å². The molecular formula is C26H32N4O4. The number of aromatic nitrogens is 1. The Bertz CT molecular complexity index is 1190. The van der Waals surface area contributed by atoms with E-state index in [9.17, 15) is 9.59 Å². The maximum absolute atomic E-state index is 13.4. The number of carbonyl (C=O) groups excluding carboxylic acids is 1. The zero-order valence-corrected chi connectivity index (χ0v) is 20.0. The number of hydrogen-bond acceptors (Lipinski definition) is 5. The minimum absolute atomic E-state index is 0.196. The zero-order valence-electron chi connectivity index (χ0n) is 20.0. The lowest BCUT2D eigenvalue weighted by molar-refractivity contribution is 0.174. The molecule has 1 atom stereocenters. The Labute approximate surface area is 199 Å². The number of fused-ring (bicyclic) bond motifs is 1. The van der Waals surface area contributed by atoms with Crippen LogP contribution in [0.4, 0.5) is 10.5 Å². The smallest absolute Gasteiger partial charge is 0.322 e. The number of aromatic amines is 1. The van der Waals surface area contributed by atoms with Gasteiger partial charge < -0.3 is 24.7 Å². The first-order chi connectivity index (χ1) is 16.5. The fourth-order valence-electron chi connectivity index (χ4n) is 4.55. The van der Waals surface area contributed by atoms with Crippen molar-refractivity contribution < 1.29 is 14.3 Å². The summed E-state index contributed by atoms with van der Waals surface area (Å²) in [5, 5.41) is 3.84. The number of methoxy groups -OCH3 is 2. The molecular weight excluding hydrogens is 432 g/mol. The number of likely N-dealkylation sites (N-methyl/N-ethyl adjacent to an activating group) is 1. The van der Waals surface area contributed by atoms with Crippen LogP contribution in [0.25, 0.3) is 10.9 Å². The summed E-state index contributed by atoms with van der Waals surface area (Å²) in [4.78, 5) is 33.3. The third kappa shape index (κ3) is 5.34. The quantitative estimate of drug-likeness (QED) is 0.525. The molecule has 0 bridgehead atoms. The normalized spacial score (nSPS) is 15.9. The number of rotatable bonds is 8. The van der Waals surface area contributed by atoms with E-state index >= 15 is 0 Å². The van der Waals surface area contributed by atoms with E-state index in [0.29, 0.717) is 23.5 Å². The summed E-state index contributed by atoms with van der Waals surface area (Å²) in [6.45, 7) is 4.87. The van der Waals surface area contributed by atoms with E-state index in [1.54, 1.807) is 43.4 Å². The molecule has 3 aromatic rings. The Morgan fingerprint density at radius 2 is 1.85 bits per heavy atom. The van der Waals surface area contributed by atoms with Gasteiger partial charge in [0.25, 0.3) is 5.56 Å². The first-order valence-corrected chi connectivity index (χ1v) is 11.6. The number of likely N-dealkylation sites (tertiary alicyclic amines) is 1. The molecule has 4 rings (SSSR count). The number of amides is 2. The Morgan fingerprint density at radius 3 is 2.56 bits per heavy atom. The van der Waals surface area contributed by atoms with Gasteiger partial charge in [0, 0.05) is 34.7 Å². The molecule has 0 spiro atoms. The number of ether oxygens (including phenoxy) is 2. The molecule has 0 aliphatic carbocycles. The van der Waals surface area contributed by atoms with Crippen LogP contribution in [0.2, 0.25) is 0 Å². The molecule has 1 aliphatic heterocycles. The minimum atomic E-state index is -0.238. The molecule has 1 saturated heterocycles. The van der Waals surface area contributed by atoms with Crippen LogP contribution in [0.3, 0.4) is 0 Å². The predicted molar refractivity (Wildman–Crippen MR) is 134 cm³/mol. The molecule has 0 radical (unpaired) electrons. The number of carbonyl (C=O) groups is 1. The average Bonchev–Trinajstić information content (AvgIpc) is 3.31. The van der Waals surface area contributed by atoms with Crippen LogP contribution in [0.15, 0.2) is 53.3 Å². The van der Waals surface area contributed by atoms with Crippen LogP contribution >= 0.6 is 0 Å². The fraction of sp³-hybridized carbons (Fsp3) is 0.385. The highest BCUT2D eigenvalue weighted by Gasteiger charge is 2.28. The lowest BCUT2D eigenvalue weighted by atomic mass is 10.1. The summed E-state index contributed by atoms with van der Waals surface area (Å²) in [5.41, 5.74) is 1.74. The first kappa shape index (κ1) is 23.6. The maximum atomic E-state index is 13.4. The van der Waals surface area contributed by atoms with Crippen molar-refractivity contribution in [2.75, 3.05) is 39.2 Å². The summed E-state index contributed by atoms with van der Waals surface area (Å²) in [7, 11) is 3.22. The van der Waals surface area contributed by atoms with Gasteiger partial charge in [0.2, 0.25) is 0 Å². The van der Waals surface area contributed by atoms with Gasteiger partial charge in [-0.3, -0.25) is 9.69 Å². The van der Waals surface area contributed by atoms with Gasteiger partial charge in [-0.15, -0.1) is 0 Å². The monoisotopic (exact) mass is 464 g/mol. The SMILES string of the molecule is CCN1CCC[C@@H]1CN(Cc1cc2cc(OC)ccc2[nH]c1=O)C(=O)Nc1ccc(OC)cc1. The number of benzene rings is 2. The van der Waals surface area contributed by atoms with E-state index in [1.807, 2.05) is 24.3 Å². The molecule has 34 heavy (non-hydrogen) atoms. The second-order valence-corrected chi connectivity index (χ2v) is 8.54. The van der Waals surface area contributed by atoms with Gasteiger partial charge in [0.1, 0.15) is 11.5 Å². The van der Waals surface area contributed by atoms with Crippen molar-refractivity contribution in [3.63, 3.8) is 0 Å². The number of H-pyrrole nitrogens is 1. The standard InChI is InChI=1S/C26H32N4O4/c1-4-29-13-5-6-21(29)17-30(26(32)27-20-7-9-22(33-2)10-8-20)16-19-14-18-15-23(34-3)11-12-24(18)28-25(19)31/h7-12,14-15,21H,4-6,13,16-17H2,1-3H3,(H,27,32)(H,28,31)/t21-/m1/s1. The number of hydrogen-bond donors (Lipinski definition) is 2. The van der Waals surface area contributed by atoms with Gasteiger partial charge in [0.15, 0.2) is 0 Å². The van der Waals surface area contributed by atoms with Crippen LogP contribution in [0, 0.1) is 0 Å². The summed E-state index contributed by atoms with van der Waals surface area (Å²) in [5.74, 6) is 1.43. The van der Waals surface area contributed by atoms with Crippen molar-refractivity contribution in [3.05, 3.63) is 64.4 Å². The minimum Gasteiger partial charge on any atom is -0.497 e. The average molecular weight is 465 g/mol. The summed E-state index contributed by atoms with van der Waals surface area (Å²) >= 11 is 0. The Hall–Kier alpha value is -3.52. The second kappa shape index (κ2) is 10.6. The Balaban J connectivity index is 1.61. The van der Waals surface area contributed by atoms with Gasteiger partial charge in [-0.25, -0.2) is 4.79 Å². The molecule has 180 valence electrons. The van der Waals surface area contributed by atoms with Crippen LogP contribution < -0.4 is 20.3 Å². The van der Waals surface area contributed by atoms with E-state index in [-0.39, 0.29) is 24.2 Å². The van der Waals surface area contributed by atoms with Crippen molar-refractivity contribution in [3.8, 4) is 11.5 Å². The summed E-state index contributed by atoms with van der Waals surface area (Å²) in [6, 6.07) is 14.6. The van der Waals surface area contributed by atoms with Gasteiger partial charge in [-0.1, -0.05) is 6.92 Å². The molecule has 1 aromatic heterocycles. The largest absolute Gasteiger partial charge is 0.497 e. The number of nitrogens with one attached hydrogen (secondary N) is 2. The van der Waals surface area contributed by atoms with Crippen molar-refractivity contribution in [1.29, 1.82) is 0 Å². The van der Waals surface area contributed by atoms with Crippen molar-refractivity contribution in [2.24, 2.45) is 0 Å². The molecule has 1 fully saturated rings. The number of nitrogens with zero attached hydrogens (tertiary/aromatic N) is 2. The fourth-order valence-corrected chi connectivity index (χ4v) is 4.55. The summed E-state index contributed by atoms with van der Waals surface area (Å²) < 4.78 is 10.5. The molecule has 0 saturated carbocycles. The van der Waals surface area contributed by atoms with Crippen LogP contribution in [-0.4, -0.2) is 60.7 Å². The second-order valence-electron chi connectivity index (χ2n) is 8.54. The van der Waals surface area contributed by atoms with E-state index in [2.05, 4.69) is 22.1 Å². The number of anilines is 1. The van der Waals surface area contributed by atoms with Crippen molar-refractivity contribution in [2.45, 2.75) is 32.4 Å². The highest BCUT2D eigenvalue weighted by atomic mass is 16.5. The van der Waals surface area contributed by atoms with E-state index in [1.165, 1.54) is 0 Å². The Kier molecular flexibility index (Phi) is 7.37. The molecule has 2 N–H and O–H groups in total. The van der Waals surface area contributed by atoms with Crippen molar-refractivity contribution >= 4 is 22.6 Å². The van der Waals surface area contributed by atoms with E-state index in [4.69, 9.17) is 9.47 Å². The number of pyridine rings is 1. The zero-order chi connectivity index (χ0) is 24.1. The van der Waals surface area contributed by atoms with Gasteiger partial charge in [-0.2, -0.15) is 0 Å². The molecule has 8 heteroatoms. The molecule has 1 aliphatic rings. The lowest BCUT2D eigenvalue weighted by Crippen LogP contribution is -2.45. The topological polar surface area (TPSA) is 86.9 Å². The van der Waals surface area contributed by atoms with E-state index in [0.717, 1.165) is 42.6 Å². The molecule has 2 amide bonds. The number of urea groups is 1. The maximum Gasteiger partial charge on any atom is 0.322 e. The summed E-state index contributed by atoms with van der Waals surface area (Å²) in [6.07, 6.45) is 2.15. The predicted octanol–water partition coefficient (Wildman–Crippen LogP) is 4.06. The van der Waals surface area contributed by atoms with Crippen molar-refractivity contribution in [1.82, 2.24) is 14.8 Å². The lowest BCUT2D eigenvalue weighted by Gasteiger charge is -2.30. The van der Waals surface area contributed by atoms with Crippen LogP contribution in [-0.2, 0) is 6.54 Å². The Morgan fingerprint density at radius 1 is 1.12 bits per heavy atom. The molecule has 0 unspecified atom stereocenters. The molecule has 2 heterocycles. The van der Waals surface area contributed by atoms with Gasteiger partial charge >= 0.3 is 6.03 Å².